The third kappa shape index (κ3) is 7.61. The number of alkyl halides is 5. The van der Waals surface area contributed by atoms with Gasteiger partial charge in [0.2, 0.25) is 5.88 Å². The first kappa shape index (κ1) is 28.2. The van der Waals surface area contributed by atoms with E-state index in [4.69, 9.17) is 4.74 Å². The number of pyridine rings is 2. The molecule has 0 radical (unpaired) electrons. The number of carbonyl (C=O) groups excluding carboxylic acids is 1. The van der Waals surface area contributed by atoms with Crippen molar-refractivity contribution < 1.29 is 31.5 Å². The molecule has 4 rings (SSSR count). The number of fused-ring (bicyclic) bond motifs is 1. The van der Waals surface area contributed by atoms with Gasteiger partial charge in [0.05, 0.1) is 5.56 Å². The second kappa shape index (κ2) is 11.9. The maximum Gasteiger partial charge on any atom is 0.281 e. The van der Waals surface area contributed by atoms with Gasteiger partial charge in [0.15, 0.2) is 6.61 Å². The van der Waals surface area contributed by atoms with Crippen molar-refractivity contribution in [2.45, 2.75) is 75.9 Å². The van der Waals surface area contributed by atoms with E-state index in [-0.39, 0.29) is 30.3 Å². The lowest BCUT2D eigenvalue weighted by Crippen LogP contribution is -2.43. The molecular formula is C27H33F5N4O2. The molecule has 208 valence electrons. The standard InChI is InChI=1S/C27H33F5N4O2/c1-26(30,31)17-38-22-5-4-18-8-14-36(15-9-21(18)35-22)16-12-27(32)10-6-19(7-11-27)34-25(37)20-3-2-13-33-23(20)24(28)29/h2-5,13,19,24H,6-12,14-17H2,1H3,(H,34,37)/t19-,27+. The van der Waals surface area contributed by atoms with Crippen LogP contribution < -0.4 is 10.1 Å². The molecule has 38 heavy (non-hydrogen) atoms. The highest BCUT2D eigenvalue weighted by Gasteiger charge is 2.36. The van der Waals surface area contributed by atoms with E-state index in [1.165, 1.54) is 18.3 Å². The largest absolute Gasteiger partial charge is 0.471 e. The number of halogens is 5. The Labute approximate surface area is 219 Å². The average molecular weight is 541 g/mol. The summed E-state index contributed by atoms with van der Waals surface area (Å²) < 4.78 is 73.2. The number of hydrogen-bond acceptors (Lipinski definition) is 5. The van der Waals surface area contributed by atoms with Gasteiger partial charge in [0.1, 0.15) is 11.4 Å². The first-order valence-electron chi connectivity index (χ1n) is 13.0. The van der Waals surface area contributed by atoms with E-state index >= 15 is 4.39 Å². The van der Waals surface area contributed by atoms with Crippen LogP contribution in [-0.2, 0) is 12.8 Å². The van der Waals surface area contributed by atoms with E-state index in [2.05, 4.69) is 20.2 Å². The number of carbonyl (C=O) groups is 1. The molecule has 0 atom stereocenters. The molecule has 1 N–H and O–H groups in total. The second-order valence-electron chi connectivity index (χ2n) is 10.3. The van der Waals surface area contributed by atoms with Gasteiger partial charge in [-0.2, -0.15) is 0 Å². The molecule has 0 spiro atoms. The molecule has 11 heteroatoms. The van der Waals surface area contributed by atoms with E-state index in [9.17, 15) is 22.4 Å². The van der Waals surface area contributed by atoms with Crippen LogP contribution in [0.2, 0.25) is 0 Å². The molecule has 0 saturated heterocycles. The van der Waals surface area contributed by atoms with E-state index in [1.54, 1.807) is 6.07 Å². The fraction of sp³-hybridized carbons (Fsp3) is 0.593. The predicted octanol–water partition coefficient (Wildman–Crippen LogP) is 5.32. The molecule has 1 fully saturated rings. The number of aromatic nitrogens is 2. The lowest BCUT2D eigenvalue weighted by molar-refractivity contribution is -0.0243. The number of ether oxygens (including phenoxy) is 1. The van der Waals surface area contributed by atoms with Gasteiger partial charge in [-0.25, -0.2) is 26.9 Å². The van der Waals surface area contributed by atoms with Crippen LogP contribution in [0.3, 0.4) is 0 Å². The summed E-state index contributed by atoms with van der Waals surface area (Å²) in [5.74, 6) is -3.37. The monoisotopic (exact) mass is 540 g/mol. The summed E-state index contributed by atoms with van der Waals surface area (Å²) in [6, 6.07) is 5.94. The summed E-state index contributed by atoms with van der Waals surface area (Å²) in [7, 11) is 0. The molecule has 2 aliphatic rings. The Kier molecular flexibility index (Phi) is 8.85. The summed E-state index contributed by atoms with van der Waals surface area (Å²) in [4.78, 5) is 22.7. The molecule has 0 unspecified atom stereocenters. The highest BCUT2D eigenvalue weighted by Crippen LogP contribution is 2.35. The van der Waals surface area contributed by atoms with Gasteiger partial charge in [-0.3, -0.25) is 9.78 Å². The molecule has 0 bridgehead atoms. The van der Waals surface area contributed by atoms with Crippen molar-refractivity contribution in [2.24, 2.45) is 0 Å². The van der Waals surface area contributed by atoms with Crippen LogP contribution in [0.1, 0.15) is 72.8 Å². The van der Waals surface area contributed by atoms with Gasteiger partial charge in [-0.1, -0.05) is 6.07 Å². The molecular weight excluding hydrogens is 507 g/mol. The quantitative estimate of drug-likeness (QED) is 0.436. The molecule has 1 aliphatic carbocycles. The molecule has 1 aliphatic heterocycles. The van der Waals surface area contributed by atoms with E-state index < -0.39 is 36.2 Å². The fourth-order valence-corrected chi connectivity index (χ4v) is 5.05. The van der Waals surface area contributed by atoms with Gasteiger partial charge in [-0.15, -0.1) is 0 Å². The minimum Gasteiger partial charge on any atom is -0.471 e. The number of nitrogens with zero attached hydrogens (tertiary/aromatic N) is 3. The summed E-state index contributed by atoms with van der Waals surface area (Å²) in [6.07, 6.45) is 1.51. The molecule has 1 amide bonds. The van der Waals surface area contributed by atoms with E-state index in [0.29, 0.717) is 38.8 Å². The van der Waals surface area contributed by atoms with Gasteiger partial charge in [-0.05, 0) is 56.2 Å². The first-order chi connectivity index (χ1) is 18.0. The minimum absolute atomic E-state index is 0.154. The SMILES string of the molecule is CC(F)(F)COc1ccc2c(n1)CCN(CC[C@]1(F)CC[C@@H](NC(=O)c3cccnc3C(F)F)CC1)CC2. The Morgan fingerprint density at radius 3 is 2.66 bits per heavy atom. The van der Waals surface area contributed by atoms with Crippen LogP contribution in [-0.4, -0.2) is 64.6 Å². The lowest BCUT2D eigenvalue weighted by atomic mass is 9.81. The van der Waals surface area contributed by atoms with Crippen molar-refractivity contribution in [1.82, 2.24) is 20.2 Å². The zero-order chi connectivity index (χ0) is 27.3. The van der Waals surface area contributed by atoms with Gasteiger partial charge in [0, 0.05) is 57.0 Å². The molecule has 6 nitrogen and oxygen atoms in total. The normalized spacial score (nSPS) is 22.6. The molecule has 1 saturated carbocycles. The van der Waals surface area contributed by atoms with E-state index in [1.807, 2.05) is 6.07 Å². The van der Waals surface area contributed by atoms with Gasteiger partial charge in [0.25, 0.3) is 18.3 Å². The topological polar surface area (TPSA) is 67.3 Å². The maximum atomic E-state index is 15.6. The number of hydrogen-bond donors (Lipinski definition) is 1. The second-order valence-corrected chi connectivity index (χ2v) is 10.3. The highest BCUT2D eigenvalue weighted by molar-refractivity contribution is 5.95. The third-order valence-electron chi connectivity index (χ3n) is 7.26. The van der Waals surface area contributed by atoms with Crippen molar-refractivity contribution in [1.29, 1.82) is 0 Å². The predicted molar refractivity (Wildman–Crippen MR) is 132 cm³/mol. The average Bonchev–Trinajstić information content (AvgIpc) is 3.09. The van der Waals surface area contributed by atoms with Crippen molar-refractivity contribution in [3.8, 4) is 5.88 Å². The van der Waals surface area contributed by atoms with Crippen LogP contribution in [0, 0.1) is 0 Å². The van der Waals surface area contributed by atoms with Crippen LogP contribution >= 0.6 is 0 Å². The Hall–Kier alpha value is -2.82. The number of nitrogens with one attached hydrogen (secondary N) is 1. The minimum atomic E-state index is -2.93. The molecule has 3 heterocycles. The van der Waals surface area contributed by atoms with E-state index in [0.717, 1.165) is 31.1 Å². The molecule has 2 aromatic rings. The summed E-state index contributed by atoms with van der Waals surface area (Å²) in [5.41, 5.74) is -0.204. The number of rotatable bonds is 9. The van der Waals surface area contributed by atoms with Crippen LogP contribution in [0.4, 0.5) is 22.0 Å². The van der Waals surface area contributed by atoms with Crippen LogP contribution in [0.25, 0.3) is 0 Å². The number of amides is 1. The lowest BCUT2D eigenvalue weighted by Gasteiger charge is -2.35. The summed E-state index contributed by atoms with van der Waals surface area (Å²) >= 11 is 0. The van der Waals surface area contributed by atoms with Crippen molar-refractivity contribution in [3.63, 3.8) is 0 Å². The van der Waals surface area contributed by atoms with Crippen molar-refractivity contribution in [3.05, 3.63) is 53.0 Å². The van der Waals surface area contributed by atoms with Crippen LogP contribution in [0.15, 0.2) is 30.5 Å². The van der Waals surface area contributed by atoms with Crippen molar-refractivity contribution >= 4 is 5.91 Å². The highest BCUT2D eigenvalue weighted by atomic mass is 19.3. The Balaban J connectivity index is 1.23. The smallest absolute Gasteiger partial charge is 0.281 e. The third-order valence-corrected chi connectivity index (χ3v) is 7.26. The van der Waals surface area contributed by atoms with Gasteiger partial charge < -0.3 is 15.0 Å². The first-order valence-corrected chi connectivity index (χ1v) is 13.0. The maximum absolute atomic E-state index is 15.6. The molecule has 0 aromatic carbocycles. The zero-order valence-corrected chi connectivity index (χ0v) is 21.4. The summed E-state index contributed by atoms with van der Waals surface area (Å²) in [6.45, 7) is 2.06. The Morgan fingerprint density at radius 2 is 1.95 bits per heavy atom. The van der Waals surface area contributed by atoms with Crippen LogP contribution in [0.5, 0.6) is 5.88 Å². The van der Waals surface area contributed by atoms with Gasteiger partial charge >= 0.3 is 0 Å². The zero-order valence-electron chi connectivity index (χ0n) is 21.4. The summed E-state index contributed by atoms with van der Waals surface area (Å²) in [5, 5.41) is 2.77. The molecule has 2 aromatic heterocycles. The Bertz CT molecular complexity index is 1100. The van der Waals surface area contributed by atoms with Crippen molar-refractivity contribution in [2.75, 3.05) is 26.2 Å². The Morgan fingerprint density at radius 1 is 1.21 bits per heavy atom. The fourth-order valence-electron chi connectivity index (χ4n) is 5.05.